The third-order valence-corrected chi connectivity index (χ3v) is 1.37. The van der Waals surface area contributed by atoms with Crippen LogP contribution in [0.1, 0.15) is 12.5 Å². The van der Waals surface area contributed by atoms with Gasteiger partial charge in [-0.15, -0.1) is 5.92 Å². The van der Waals surface area contributed by atoms with Crippen molar-refractivity contribution in [3.63, 3.8) is 0 Å². The zero-order valence-electron chi connectivity index (χ0n) is 7.44. The fraction of sp³-hybridized carbons (Fsp3) is 0.222. The second-order valence-electron chi connectivity index (χ2n) is 2.22. The molecule has 1 heterocycles. The maximum absolute atomic E-state index is 10.9. The fourth-order valence-electron chi connectivity index (χ4n) is 0.806. The molecule has 0 aliphatic carbocycles. The van der Waals surface area contributed by atoms with Gasteiger partial charge in [-0.25, -0.2) is 0 Å². The molecule has 0 atom stereocenters. The molecule has 4 nitrogen and oxygen atoms in total. The van der Waals surface area contributed by atoms with Crippen LogP contribution in [-0.4, -0.2) is 17.0 Å². The third kappa shape index (κ3) is 2.27. The number of aromatic nitrogens is 1. The molecule has 13 heavy (non-hydrogen) atoms. The van der Waals surface area contributed by atoms with Crippen LogP contribution in [-0.2, 0) is 4.84 Å². The molecule has 0 aromatic carbocycles. The van der Waals surface area contributed by atoms with E-state index >= 15 is 0 Å². The Morgan fingerprint density at radius 2 is 2.31 bits per heavy atom. The molecule has 1 rings (SSSR count). The zero-order valence-corrected chi connectivity index (χ0v) is 7.44. The standard InChI is InChI=1S/C9H9N2O2/c1-3-4-8-5-6-9(10-7-8)11(12)13-2/h5-7H,1-2H3/q+1. The van der Waals surface area contributed by atoms with Gasteiger partial charge in [0.15, 0.2) is 11.1 Å². The number of nitrogens with zero attached hydrogens (tertiary/aromatic N) is 2. The first-order chi connectivity index (χ1) is 6.27. The largest absolute Gasteiger partial charge is 0.408 e. The SMILES string of the molecule is CC#Cc1ccc([N+](=O)OC)nc1. The summed E-state index contributed by atoms with van der Waals surface area (Å²) in [4.78, 5) is 19.5. The molecule has 0 unspecified atom stereocenters. The summed E-state index contributed by atoms with van der Waals surface area (Å²) in [7, 11) is 1.29. The molecule has 0 aliphatic heterocycles. The minimum absolute atomic E-state index is 0.212. The van der Waals surface area contributed by atoms with E-state index in [-0.39, 0.29) is 5.82 Å². The lowest BCUT2D eigenvalue weighted by Crippen LogP contribution is -1.99. The van der Waals surface area contributed by atoms with Crippen LogP contribution in [0.15, 0.2) is 18.3 Å². The van der Waals surface area contributed by atoms with Crippen molar-refractivity contribution in [1.29, 1.82) is 0 Å². The Hall–Kier alpha value is -1.89. The molecule has 0 aliphatic rings. The molecule has 0 radical (unpaired) electrons. The van der Waals surface area contributed by atoms with Gasteiger partial charge in [0.1, 0.15) is 7.11 Å². The van der Waals surface area contributed by atoms with Gasteiger partial charge in [0, 0.05) is 6.07 Å². The molecule has 0 saturated heterocycles. The second kappa shape index (κ2) is 4.21. The summed E-state index contributed by atoms with van der Waals surface area (Å²) in [5, 5.41) is 0. The Balaban J connectivity index is 2.91. The third-order valence-electron chi connectivity index (χ3n) is 1.37. The zero-order chi connectivity index (χ0) is 9.68. The van der Waals surface area contributed by atoms with Crippen molar-refractivity contribution in [2.24, 2.45) is 0 Å². The van der Waals surface area contributed by atoms with E-state index in [1.807, 2.05) is 0 Å². The normalized spacial score (nSPS) is 8.46. The highest BCUT2D eigenvalue weighted by Crippen LogP contribution is 2.07. The van der Waals surface area contributed by atoms with E-state index < -0.39 is 0 Å². The van der Waals surface area contributed by atoms with Crippen LogP contribution in [0.3, 0.4) is 0 Å². The van der Waals surface area contributed by atoms with Gasteiger partial charge in [0.25, 0.3) is 0 Å². The van der Waals surface area contributed by atoms with Crippen molar-refractivity contribution in [3.05, 3.63) is 28.8 Å². The van der Waals surface area contributed by atoms with Gasteiger partial charge < -0.3 is 4.84 Å². The molecule has 0 saturated carbocycles. The van der Waals surface area contributed by atoms with Gasteiger partial charge >= 0.3 is 5.82 Å². The summed E-state index contributed by atoms with van der Waals surface area (Å²) < 4.78 is 0. The number of hydrogen-bond acceptors (Lipinski definition) is 3. The summed E-state index contributed by atoms with van der Waals surface area (Å²) in [5.41, 5.74) is 0.774. The van der Waals surface area contributed by atoms with Crippen molar-refractivity contribution in [2.75, 3.05) is 7.11 Å². The van der Waals surface area contributed by atoms with Crippen LogP contribution in [0, 0.1) is 16.7 Å². The first-order valence-corrected chi connectivity index (χ1v) is 3.68. The van der Waals surface area contributed by atoms with E-state index in [1.165, 1.54) is 13.3 Å². The van der Waals surface area contributed by atoms with Crippen LogP contribution in [0.4, 0.5) is 5.82 Å². The predicted octanol–water partition coefficient (Wildman–Crippen LogP) is 1.42. The molecule has 4 heteroatoms. The lowest BCUT2D eigenvalue weighted by atomic mass is 10.3. The van der Waals surface area contributed by atoms with Gasteiger partial charge in [-0.3, -0.25) is 0 Å². The molecular weight excluding hydrogens is 168 g/mol. The summed E-state index contributed by atoms with van der Waals surface area (Å²) in [6, 6.07) is 3.26. The Kier molecular flexibility index (Phi) is 2.98. The average Bonchev–Trinajstić information content (AvgIpc) is 2.18. The monoisotopic (exact) mass is 177 g/mol. The van der Waals surface area contributed by atoms with E-state index in [4.69, 9.17) is 0 Å². The highest BCUT2D eigenvalue weighted by molar-refractivity contribution is 5.34. The number of hydrogen-bond donors (Lipinski definition) is 0. The first-order valence-electron chi connectivity index (χ1n) is 3.68. The van der Waals surface area contributed by atoms with Crippen molar-refractivity contribution in [2.45, 2.75) is 6.92 Å². The van der Waals surface area contributed by atoms with Crippen LogP contribution in [0.5, 0.6) is 0 Å². The van der Waals surface area contributed by atoms with Crippen LogP contribution < -0.4 is 0 Å². The lowest BCUT2D eigenvalue weighted by Gasteiger charge is -1.88. The number of rotatable bonds is 2. The highest BCUT2D eigenvalue weighted by Gasteiger charge is 2.12. The minimum atomic E-state index is 0.212. The quantitative estimate of drug-likeness (QED) is 0.507. The van der Waals surface area contributed by atoms with Crippen LogP contribution in [0.25, 0.3) is 0 Å². The van der Waals surface area contributed by atoms with E-state index in [0.717, 1.165) is 5.56 Å². The molecule has 66 valence electrons. The van der Waals surface area contributed by atoms with E-state index in [9.17, 15) is 4.91 Å². The van der Waals surface area contributed by atoms with Gasteiger partial charge in [0.05, 0.1) is 5.56 Å². The minimum Gasteiger partial charge on any atom is -0.302 e. The second-order valence-corrected chi connectivity index (χ2v) is 2.22. The van der Waals surface area contributed by atoms with Gasteiger partial charge in [0.2, 0.25) is 0 Å². The Bertz CT molecular complexity index is 359. The molecular formula is C9H9N2O2+. The molecule has 0 fully saturated rings. The average molecular weight is 177 g/mol. The first kappa shape index (κ1) is 9.20. The molecule has 1 aromatic heterocycles. The lowest BCUT2D eigenvalue weighted by molar-refractivity contribution is -0.739. The Morgan fingerprint density at radius 1 is 1.54 bits per heavy atom. The fourth-order valence-corrected chi connectivity index (χ4v) is 0.806. The summed E-state index contributed by atoms with van der Waals surface area (Å²) >= 11 is 0. The number of pyridine rings is 1. The van der Waals surface area contributed by atoms with Gasteiger partial charge in [-0.05, 0) is 22.9 Å². The Morgan fingerprint density at radius 3 is 2.77 bits per heavy atom. The summed E-state index contributed by atoms with van der Waals surface area (Å²) in [6.45, 7) is 1.74. The van der Waals surface area contributed by atoms with Crippen molar-refractivity contribution in [1.82, 2.24) is 4.98 Å². The van der Waals surface area contributed by atoms with Crippen LogP contribution >= 0.6 is 0 Å². The highest BCUT2D eigenvalue weighted by atomic mass is 16.8. The van der Waals surface area contributed by atoms with Gasteiger partial charge in [-0.1, -0.05) is 5.92 Å². The maximum atomic E-state index is 10.9. The van der Waals surface area contributed by atoms with Crippen molar-refractivity contribution >= 4 is 5.82 Å². The maximum Gasteiger partial charge on any atom is 0.408 e. The van der Waals surface area contributed by atoms with Gasteiger partial charge in [-0.2, -0.15) is 0 Å². The Labute approximate surface area is 76.1 Å². The van der Waals surface area contributed by atoms with Crippen molar-refractivity contribution in [3.8, 4) is 11.8 Å². The van der Waals surface area contributed by atoms with Crippen molar-refractivity contribution < 1.29 is 9.76 Å². The summed E-state index contributed by atoms with van der Waals surface area (Å²) in [6.07, 6.45) is 1.52. The molecule has 0 N–H and O–H groups in total. The smallest absolute Gasteiger partial charge is 0.302 e. The topological polar surface area (TPSA) is 42.2 Å². The molecule has 1 aromatic rings. The van der Waals surface area contributed by atoms with E-state index in [2.05, 4.69) is 21.7 Å². The molecule has 0 spiro atoms. The van der Waals surface area contributed by atoms with E-state index in [0.29, 0.717) is 4.92 Å². The molecule has 0 amide bonds. The predicted molar refractivity (Wildman–Crippen MR) is 47.1 cm³/mol. The van der Waals surface area contributed by atoms with E-state index in [1.54, 1.807) is 19.1 Å². The molecule has 0 bridgehead atoms. The summed E-state index contributed by atoms with van der Waals surface area (Å²) in [5.74, 6) is 5.76. The van der Waals surface area contributed by atoms with Crippen LogP contribution in [0.2, 0.25) is 0 Å².